The summed E-state index contributed by atoms with van der Waals surface area (Å²) in [6, 6.07) is 9.68. The van der Waals surface area contributed by atoms with Gasteiger partial charge in [0.1, 0.15) is 11.6 Å². The van der Waals surface area contributed by atoms with Crippen LogP contribution in [-0.2, 0) is 0 Å². The van der Waals surface area contributed by atoms with Crippen molar-refractivity contribution in [2.45, 2.75) is 0 Å². The largest absolute Gasteiger partial charge is 0.497 e. The first-order valence-electron chi connectivity index (χ1n) is 5.42. The molecule has 3 aromatic rings. The zero-order chi connectivity index (χ0) is 12.5. The molecule has 0 atom stereocenters. The first kappa shape index (κ1) is 11.2. The molecule has 0 aliphatic rings. The van der Waals surface area contributed by atoms with Gasteiger partial charge in [-0.1, -0.05) is 0 Å². The highest BCUT2D eigenvalue weighted by Crippen LogP contribution is 2.25. The predicted octanol–water partition coefficient (Wildman–Crippen LogP) is 3.17. The average Bonchev–Trinajstić information content (AvgIpc) is 2.77. The third kappa shape index (κ3) is 1.76. The lowest BCUT2D eigenvalue weighted by molar-refractivity contribution is 0.415. The maximum atomic E-state index is 5.15. The van der Waals surface area contributed by atoms with E-state index in [1.165, 1.54) is 0 Å². The summed E-state index contributed by atoms with van der Waals surface area (Å²) in [6.45, 7) is 0. The number of nitrogens with zero attached hydrogens (tertiary/aromatic N) is 3. The molecular weight excluding hydrogens is 294 g/mol. The summed E-state index contributed by atoms with van der Waals surface area (Å²) in [7, 11) is 1.65. The number of halogens is 1. The van der Waals surface area contributed by atoms with Crippen LogP contribution in [-0.4, -0.2) is 21.5 Å². The second-order valence-corrected chi connectivity index (χ2v) is 4.52. The van der Waals surface area contributed by atoms with Crippen LogP contribution in [0, 0.1) is 0 Å². The molecule has 0 aliphatic heterocycles. The maximum Gasteiger partial charge on any atom is 0.171 e. The summed E-state index contributed by atoms with van der Waals surface area (Å²) >= 11 is 3.42. The van der Waals surface area contributed by atoms with Crippen molar-refractivity contribution in [3.05, 3.63) is 47.3 Å². The Labute approximate surface area is 112 Å². The van der Waals surface area contributed by atoms with Crippen molar-refractivity contribution in [2.24, 2.45) is 0 Å². The molecule has 0 fully saturated rings. The third-order valence-corrected chi connectivity index (χ3v) is 3.24. The molecule has 2 aromatic heterocycles. The highest BCUT2D eigenvalue weighted by Gasteiger charge is 2.11. The molecular formula is C13H10BrN3O. The molecule has 3 rings (SSSR count). The Morgan fingerprint density at radius 1 is 1.22 bits per heavy atom. The first-order chi connectivity index (χ1) is 8.79. The zero-order valence-corrected chi connectivity index (χ0v) is 11.3. The number of methoxy groups -OCH3 is 1. The quantitative estimate of drug-likeness (QED) is 0.730. The predicted molar refractivity (Wildman–Crippen MR) is 72.7 cm³/mol. The minimum Gasteiger partial charge on any atom is -0.497 e. The molecule has 0 saturated heterocycles. The van der Waals surface area contributed by atoms with Crippen molar-refractivity contribution in [2.75, 3.05) is 7.11 Å². The van der Waals surface area contributed by atoms with Gasteiger partial charge >= 0.3 is 0 Å². The van der Waals surface area contributed by atoms with E-state index < -0.39 is 0 Å². The van der Waals surface area contributed by atoms with Crippen LogP contribution in [0.1, 0.15) is 0 Å². The number of hydrogen-bond donors (Lipinski definition) is 0. The summed E-state index contributed by atoms with van der Waals surface area (Å²) < 4.78 is 7.84. The normalized spacial score (nSPS) is 10.8. The van der Waals surface area contributed by atoms with Crippen LogP contribution in [0.4, 0.5) is 0 Å². The molecule has 1 aromatic carbocycles. The van der Waals surface area contributed by atoms with E-state index in [1.54, 1.807) is 13.3 Å². The van der Waals surface area contributed by atoms with Gasteiger partial charge in [0, 0.05) is 18.0 Å². The number of rotatable bonds is 2. The molecule has 0 unspecified atom stereocenters. The lowest BCUT2D eigenvalue weighted by Crippen LogP contribution is -1.90. The van der Waals surface area contributed by atoms with E-state index in [-0.39, 0.29) is 0 Å². The Balaban J connectivity index is 2.18. The van der Waals surface area contributed by atoms with E-state index in [4.69, 9.17) is 4.74 Å². The minimum absolute atomic E-state index is 0.744. The fourth-order valence-electron chi connectivity index (χ4n) is 1.84. The van der Waals surface area contributed by atoms with Gasteiger partial charge in [0.15, 0.2) is 10.3 Å². The van der Waals surface area contributed by atoms with Gasteiger partial charge in [0.05, 0.1) is 7.11 Å². The van der Waals surface area contributed by atoms with Crippen molar-refractivity contribution < 1.29 is 4.74 Å². The fraction of sp³-hybridized carbons (Fsp3) is 0.0769. The van der Waals surface area contributed by atoms with Crippen molar-refractivity contribution in [3.63, 3.8) is 0 Å². The van der Waals surface area contributed by atoms with E-state index in [0.29, 0.717) is 0 Å². The highest BCUT2D eigenvalue weighted by molar-refractivity contribution is 9.10. The van der Waals surface area contributed by atoms with Crippen LogP contribution in [0.5, 0.6) is 5.75 Å². The van der Waals surface area contributed by atoms with Gasteiger partial charge in [-0.15, -0.1) is 0 Å². The van der Waals surface area contributed by atoms with Crippen LogP contribution < -0.4 is 4.74 Å². The lowest BCUT2D eigenvalue weighted by Gasteiger charge is -2.02. The van der Waals surface area contributed by atoms with Gasteiger partial charge in [-0.2, -0.15) is 0 Å². The number of ether oxygens (including phenoxy) is 1. The number of benzene rings is 1. The Kier molecular flexibility index (Phi) is 2.76. The van der Waals surface area contributed by atoms with Crippen molar-refractivity contribution in [3.8, 4) is 17.1 Å². The Bertz CT molecular complexity index is 691. The number of aromatic nitrogens is 3. The third-order valence-electron chi connectivity index (χ3n) is 2.71. The van der Waals surface area contributed by atoms with Gasteiger partial charge in [-0.3, -0.25) is 4.40 Å². The second kappa shape index (κ2) is 4.42. The molecule has 2 heterocycles. The van der Waals surface area contributed by atoms with Crippen molar-refractivity contribution in [1.29, 1.82) is 0 Å². The van der Waals surface area contributed by atoms with Gasteiger partial charge in [0.25, 0.3) is 0 Å². The Morgan fingerprint density at radius 2 is 2.00 bits per heavy atom. The molecule has 0 amide bonds. The van der Waals surface area contributed by atoms with E-state index in [0.717, 1.165) is 27.4 Å². The molecule has 0 radical (unpaired) electrons. The van der Waals surface area contributed by atoms with E-state index >= 15 is 0 Å². The van der Waals surface area contributed by atoms with Gasteiger partial charge < -0.3 is 4.74 Å². The smallest absolute Gasteiger partial charge is 0.171 e. The van der Waals surface area contributed by atoms with Crippen LogP contribution in [0.3, 0.4) is 0 Å². The molecule has 0 spiro atoms. The number of fused-ring (bicyclic) bond motifs is 1. The highest BCUT2D eigenvalue weighted by atomic mass is 79.9. The summed E-state index contributed by atoms with van der Waals surface area (Å²) in [5.41, 5.74) is 1.83. The second-order valence-electron chi connectivity index (χ2n) is 3.77. The molecule has 4 nitrogen and oxygen atoms in total. The standard InChI is InChI=1S/C13H10BrN3O/c1-18-10-5-3-9(4-6-10)12-16-11(14)13-15-7-2-8-17(12)13/h2-8H,1H3. The molecule has 90 valence electrons. The average molecular weight is 304 g/mol. The molecule has 18 heavy (non-hydrogen) atoms. The van der Waals surface area contributed by atoms with E-state index in [9.17, 15) is 0 Å². The van der Waals surface area contributed by atoms with Crippen molar-refractivity contribution in [1.82, 2.24) is 14.4 Å². The zero-order valence-electron chi connectivity index (χ0n) is 9.67. The Morgan fingerprint density at radius 3 is 2.72 bits per heavy atom. The van der Waals surface area contributed by atoms with Crippen LogP contribution in [0.2, 0.25) is 0 Å². The topological polar surface area (TPSA) is 39.4 Å². The van der Waals surface area contributed by atoms with Crippen LogP contribution >= 0.6 is 15.9 Å². The summed E-state index contributed by atoms with van der Waals surface area (Å²) in [5.74, 6) is 1.68. The van der Waals surface area contributed by atoms with E-state index in [1.807, 2.05) is 40.9 Å². The molecule has 0 bridgehead atoms. The monoisotopic (exact) mass is 303 g/mol. The SMILES string of the molecule is COc1ccc(-c2nc(Br)c3ncccn23)cc1. The summed E-state index contributed by atoms with van der Waals surface area (Å²) in [6.07, 6.45) is 3.69. The minimum atomic E-state index is 0.744. The van der Waals surface area contributed by atoms with Gasteiger partial charge in [-0.05, 0) is 46.3 Å². The Hall–Kier alpha value is -1.88. The van der Waals surface area contributed by atoms with E-state index in [2.05, 4.69) is 25.9 Å². The fourth-order valence-corrected chi connectivity index (χ4v) is 2.30. The molecule has 0 aliphatic carbocycles. The van der Waals surface area contributed by atoms with Gasteiger partial charge in [-0.25, -0.2) is 9.97 Å². The van der Waals surface area contributed by atoms with Crippen molar-refractivity contribution >= 4 is 21.6 Å². The molecule has 5 heteroatoms. The molecule has 0 saturated carbocycles. The van der Waals surface area contributed by atoms with Crippen LogP contribution in [0.25, 0.3) is 17.0 Å². The summed E-state index contributed by atoms with van der Waals surface area (Å²) in [5, 5.41) is 0. The van der Waals surface area contributed by atoms with Crippen LogP contribution in [0.15, 0.2) is 47.3 Å². The number of hydrogen-bond acceptors (Lipinski definition) is 3. The lowest BCUT2D eigenvalue weighted by atomic mass is 10.2. The molecule has 0 N–H and O–H groups in total. The summed E-state index contributed by atoms with van der Waals surface area (Å²) in [4.78, 5) is 8.78. The van der Waals surface area contributed by atoms with Gasteiger partial charge in [0.2, 0.25) is 0 Å². The first-order valence-corrected chi connectivity index (χ1v) is 6.22. The number of imidazole rings is 1. The maximum absolute atomic E-state index is 5.15.